The maximum absolute atomic E-state index is 9.37. The number of aliphatic hydroxyl groups excluding tert-OH is 1. The second-order valence-electron chi connectivity index (χ2n) is 2.15. The summed E-state index contributed by atoms with van der Waals surface area (Å²) in [6, 6.07) is 0. The Morgan fingerprint density at radius 1 is 1.36 bits per heavy atom. The van der Waals surface area contributed by atoms with Crippen LogP contribution in [-0.2, 0) is 9.47 Å². The Bertz CT molecular complexity index is 203. The minimum atomic E-state index is 0.0949. The van der Waals surface area contributed by atoms with Gasteiger partial charge in [-0.15, -0.1) is 0 Å². The van der Waals surface area contributed by atoms with Gasteiger partial charge in [-0.3, -0.25) is 0 Å². The van der Waals surface area contributed by atoms with Crippen LogP contribution in [0, 0.1) is 6.42 Å². The van der Waals surface area contributed by atoms with Crippen LogP contribution in [0.4, 0.5) is 0 Å². The maximum atomic E-state index is 9.37. The van der Waals surface area contributed by atoms with Gasteiger partial charge >= 0.3 is 0 Å². The summed E-state index contributed by atoms with van der Waals surface area (Å²) in [5.74, 6) is 1.09. The van der Waals surface area contributed by atoms with Crippen molar-refractivity contribution in [3.63, 3.8) is 0 Å². The number of ether oxygens (including phenoxy) is 2. The van der Waals surface area contributed by atoms with E-state index in [0.717, 1.165) is 0 Å². The van der Waals surface area contributed by atoms with Gasteiger partial charge in [-0.05, 0) is 12.5 Å². The predicted molar refractivity (Wildman–Crippen MR) is 40.7 cm³/mol. The smallest absolute Gasteiger partial charge is 0.196 e. The van der Waals surface area contributed by atoms with Crippen LogP contribution in [0.1, 0.15) is 6.42 Å². The molecule has 0 spiro atoms. The van der Waals surface area contributed by atoms with Crippen molar-refractivity contribution in [2.45, 2.75) is 6.42 Å². The molecule has 1 rings (SSSR count). The fourth-order valence-corrected chi connectivity index (χ4v) is 0.931. The monoisotopic (exact) mass is 155 g/mol. The Morgan fingerprint density at radius 2 is 2.09 bits per heavy atom. The van der Waals surface area contributed by atoms with Gasteiger partial charge in [-0.25, -0.2) is 0 Å². The van der Waals surface area contributed by atoms with Crippen molar-refractivity contribution in [1.29, 1.82) is 0 Å². The van der Waals surface area contributed by atoms with Crippen LogP contribution in [-0.4, -0.2) is 19.3 Å². The first-order chi connectivity index (χ1) is 5.29. The topological polar surface area (TPSA) is 38.7 Å². The van der Waals surface area contributed by atoms with E-state index in [0.29, 0.717) is 17.9 Å². The molecule has 0 unspecified atom stereocenters. The molecule has 1 N–H and O–H groups in total. The van der Waals surface area contributed by atoms with E-state index in [9.17, 15) is 5.11 Å². The molecule has 0 atom stereocenters. The van der Waals surface area contributed by atoms with E-state index in [2.05, 4.69) is 0 Å². The van der Waals surface area contributed by atoms with Crippen molar-refractivity contribution in [1.82, 2.24) is 0 Å². The molecule has 0 saturated heterocycles. The van der Waals surface area contributed by atoms with E-state index in [1.807, 2.05) is 6.42 Å². The van der Waals surface area contributed by atoms with Crippen molar-refractivity contribution in [2.24, 2.45) is 0 Å². The summed E-state index contributed by atoms with van der Waals surface area (Å²) in [5.41, 5.74) is 0. The lowest BCUT2D eigenvalue weighted by atomic mass is 10.1. The van der Waals surface area contributed by atoms with Gasteiger partial charge in [0.1, 0.15) is 5.76 Å². The van der Waals surface area contributed by atoms with Crippen molar-refractivity contribution < 1.29 is 14.6 Å². The number of methoxy groups -OCH3 is 2. The molecule has 0 aromatic rings. The van der Waals surface area contributed by atoms with Crippen molar-refractivity contribution in [3.8, 4) is 0 Å². The standard InChI is InChI=1S/C8H11O3/c1-10-6-4-3-5-7(11-2)8(6)9/h3-4,9H,5H2,1-2H3. The zero-order chi connectivity index (χ0) is 8.27. The quantitative estimate of drug-likeness (QED) is 0.657. The average Bonchev–Trinajstić information content (AvgIpc) is 2.05. The number of aliphatic hydroxyl groups is 1. The van der Waals surface area contributed by atoms with Gasteiger partial charge in [0, 0.05) is 6.42 Å². The summed E-state index contributed by atoms with van der Waals surface area (Å²) < 4.78 is 9.79. The molecule has 0 fully saturated rings. The summed E-state index contributed by atoms with van der Waals surface area (Å²) in [4.78, 5) is 0. The molecule has 1 radical (unpaired) electrons. The largest absolute Gasteiger partial charge is 0.502 e. The second kappa shape index (κ2) is 3.32. The van der Waals surface area contributed by atoms with Gasteiger partial charge in [0.2, 0.25) is 0 Å². The first kappa shape index (κ1) is 7.98. The fraction of sp³-hybridized carbons (Fsp3) is 0.375. The van der Waals surface area contributed by atoms with Gasteiger partial charge in [-0.1, -0.05) is 0 Å². The minimum Gasteiger partial charge on any atom is -0.502 e. The summed E-state index contributed by atoms with van der Waals surface area (Å²) in [5, 5.41) is 9.37. The molecule has 0 bridgehead atoms. The zero-order valence-electron chi connectivity index (χ0n) is 6.63. The highest BCUT2D eigenvalue weighted by Crippen LogP contribution is 2.22. The lowest BCUT2D eigenvalue weighted by Gasteiger charge is -2.14. The molecule has 1 aliphatic carbocycles. The lowest BCUT2D eigenvalue weighted by Crippen LogP contribution is -2.04. The highest BCUT2D eigenvalue weighted by molar-refractivity contribution is 5.30. The van der Waals surface area contributed by atoms with Gasteiger partial charge in [0.15, 0.2) is 11.5 Å². The molecule has 3 heteroatoms. The normalized spacial score (nSPS) is 17.8. The van der Waals surface area contributed by atoms with Gasteiger partial charge < -0.3 is 14.6 Å². The average molecular weight is 155 g/mol. The highest BCUT2D eigenvalue weighted by Gasteiger charge is 2.15. The van der Waals surface area contributed by atoms with Crippen LogP contribution >= 0.6 is 0 Å². The first-order valence-electron chi connectivity index (χ1n) is 3.33. The second-order valence-corrected chi connectivity index (χ2v) is 2.15. The molecule has 1 aliphatic rings. The summed E-state index contributed by atoms with van der Waals surface area (Å²) in [6.45, 7) is 0. The molecule has 0 aromatic heterocycles. The van der Waals surface area contributed by atoms with E-state index in [4.69, 9.17) is 9.47 Å². The Hall–Kier alpha value is -1.12. The number of rotatable bonds is 2. The molecule has 0 amide bonds. The molecule has 11 heavy (non-hydrogen) atoms. The zero-order valence-corrected chi connectivity index (χ0v) is 6.63. The Labute approximate surface area is 65.9 Å². The molecule has 61 valence electrons. The Morgan fingerprint density at radius 3 is 2.64 bits per heavy atom. The van der Waals surface area contributed by atoms with E-state index >= 15 is 0 Å². The van der Waals surface area contributed by atoms with Gasteiger partial charge in [0.25, 0.3) is 0 Å². The van der Waals surface area contributed by atoms with Gasteiger partial charge in [-0.2, -0.15) is 0 Å². The summed E-state index contributed by atoms with van der Waals surface area (Å²) >= 11 is 0. The van der Waals surface area contributed by atoms with E-state index in [-0.39, 0.29) is 5.76 Å². The van der Waals surface area contributed by atoms with Crippen molar-refractivity contribution in [2.75, 3.05) is 14.2 Å². The first-order valence-corrected chi connectivity index (χ1v) is 3.33. The molecular formula is C8H11O3. The minimum absolute atomic E-state index is 0.0949. The van der Waals surface area contributed by atoms with E-state index in [1.165, 1.54) is 14.2 Å². The molecule has 0 heterocycles. The van der Waals surface area contributed by atoms with Crippen LogP contribution in [0.15, 0.2) is 23.4 Å². The van der Waals surface area contributed by atoms with Crippen LogP contribution in [0.25, 0.3) is 0 Å². The maximum Gasteiger partial charge on any atom is 0.196 e. The Kier molecular flexibility index (Phi) is 2.41. The molecular weight excluding hydrogens is 144 g/mol. The summed E-state index contributed by atoms with van der Waals surface area (Å²) in [6.07, 6.45) is 4.21. The van der Waals surface area contributed by atoms with E-state index in [1.54, 1.807) is 6.08 Å². The molecule has 3 nitrogen and oxygen atoms in total. The molecule has 0 aliphatic heterocycles. The Balaban J connectivity index is 2.83. The lowest BCUT2D eigenvalue weighted by molar-refractivity contribution is 0.207. The third kappa shape index (κ3) is 1.48. The van der Waals surface area contributed by atoms with Crippen LogP contribution in [0.3, 0.4) is 0 Å². The van der Waals surface area contributed by atoms with Crippen LogP contribution in [0.5, 0.6) is 0 Å². The van der Waals surface area contributed by atoms with Crippen molar-refractivity contribution >= 4 is 0 Å². The SMILES string of the molecule is COC1=C[CH]CC(OC)=C1O. The fourth-order valence-electron chi connectivity index (χ4n) is 0.931. The van der Waals surface area contributed by atoms with E-state index < -0.39 is 0 Å². The van der Waals surface area contributed by atoms with Gasteiger partial charge in [0.05, 0.1) is 14.2 Å². The molecule has 0 saturated carbocycles. The number of hydrogen-bond acceptors (Lipinski definition) is 3. The molecule has 0 aromatic carbocycles. The third-order valence-electron chi connectivity index (χ3n) is 1.54. The number of hydrogen-bond donors (Lipinski definition) is 1. The third-order valence-corrected chi connectivity index (χ3v) is 1.54. The highest BCUT2D eigenvalue weighted by atomic mass is 16.5. The summed E-state index contributed by atoms with van der Waals surface area (Å²) in [7, 11) is 3.03. The number of allylic oxidation sites excluding steroid dienone is 2. The predicted octanol–water partition coefficient (Wildman–Crippen LogP) is 1.54. The van der Waals surface area contributed by atoms with Crippen LogP contribution in [0.2, 0.25) is 0 Å². The van der Waals surface area contributed by atoms with Crippen molar-refractivity contribution in [3.05, 3.63) is 29.8 Å². The van der Waals surface area contributed by atoms with Crippen LogP contribution < -0.4 is 0 Å².